The summed E-state index contributed by atoms with van der Waals surface area (Å²) in [5, 5.41) is 5.63. The van der Waals surface area contributed by atoms with Crippen LogP contribution in [0.2, 0.25) is 0 Å². The van der Waals surface area contributed by atoms with Crippen LogP contribution in [0.25, 0.3) is 0 Å². The maximum absolute atomic E-state index is 12.1. The number of hydrogen-bond acceptors (Lipinski definition) is 4. The van der Waals surface area contributed by atoms with Crippen molar-refractivity contribution in [3.05, 3.63) is 29.8 Å². The van der Waals surface area contributed by atoms with Crippen molar-refractivity contribution >= 4 is 46.7 Å². The van der Waals surface area contributed by atoms with Crippen LogP contribution in [0.4, 0.5) is 10.5 Å². The van der Waals surface area contributed by atoms with Gasteiger partial charge in [-0.3, -0.25) is 15.6 Å². The van der Waals surface area contributed by atoms with Crippen molar-refractivity contribution in [1.82, 2.24) is 16.2 Å². The molecule has 1 aromatic carbocycles. The summed E-state index contributed by atoms with van der Waals surface area (Å²) in [6.07, 6.45) is 2.38. The van der Waals surface area contributed by atoms with E-state index in [1.807, 2.05) is 37.4 Å². The summed E-state index contributed by atoms with van der Waals surface area (Å²) >= 11 is 6.69. The van der Waals surface area contributed by atoms with Crippen molar-refractivity contribution in [3.8, 4) is 0 Å². The van der Waals surface area contributed by atoms with E-state index < -0.39 is 18.0 Å². The van der Waals surface area contributed by atoms with Crippen LogP contribution in [0, 0.1) is 6.92 Å². The Morgan fingerprint density at radius 2 is 2.00 bits per heavy atom. The molecule has 1 rings (SSSR count). The maximum atomic E-state index is 12.1. The average Bonchev–Trinajstić information content (AvgIpc) is 2.51. The molecule has 0 heterocycles. The van der Waals surface area contributed by atoms with E-state index in [1.165, 1.54) is 0 Å². The number of anilines is 1. The largest absolute Gasteiger partial charge is 0.352 e. The van der Waals surface area contributed by atoms with Crippen molar-refractivity contribution in [3.63, 3.8) is 0 Å². The van der Waals surface area contributed by atoms with Gasteiger partial charge in [-0.25, -0.2) is 4.79 Å². The van der Waals surface area contributed by atoms with Gasteiger partial charge < -0.3 is 16.4 Å². The third kappa shape index (κ3) is 7.20. The number of amides is 3. The van der Waals surface area contributed by atoms with E-state index in [4.69, 9.17) is 18.0 Å². The topological polar surface area (TPSA) is 108 Å². The number of carbonyl (C=O) groups is 2. The van der Waals surface area contributed by atoms with Crippen LogP contribution in [0.15, 0.2) is 24.3 Å². The number of urea groups is 1. The monoisotopic (exact) mass is 355 g/mol. The van der Waals surface area contributed by atoms with Gasteiger partial charge in [0.2, 0.25) is 0 Å². The second-order valence-electron chi connectivity index (χ2n) is 4.73. The van der Waals surface area contributed by atoms with E-state index in [-0.39, 0.29) is 5.11 Å². The van der Waals surface area contributed by atoms with Crippen molar-refractivity contribution in [2.24, 2.45) is 5.73 Å². The lowest BCUT2D eigenvalue weighted by Crippen LogP contribution is -2.54. The normalized spacial score (nSPS) is 11.2. The summed E-state index contributed by atoms with van der Waals surface area (Å²) in [6.45, 7) is 1.94. The first-order valence-electron chi connectivity index (χ1n) is 6.91. The highest BCUT2D eigenvalue weighted by Crippen LogP contribution is 2.12. The minimum atomic E-state index is -0.744. The smallest absolute Gasteiger partial charge is 0.312 e. The molecule has 0 aliphatic heterocycles. The predicted octanol–water partition coefficient (Wildman–Crippen LogP) is 1.10. The van der Waals surface area contributed by atoms with Crippen LogP contribution < -0.4 is 27.2 Å². The minimum Gasteiger partial charge on any atom is -0.352 e. The molecule has 1 atom stereocenters. The summed E-state index contributed by atoms with van der Waals surface area (Å²) in [7, 11) is 0. The summed E-state index contributed by atoms with van der Waals surface area (Å²) in [6, 6.07) is 6.16. The van der Waals surface area contributed by atoms with Gasteiger partial charge in [0.05, 0.1) is 0 Å². The van der Waals surface area contributed by atoms with E-state index in [2.05, 4.69) is 21.5 Å². The van der Waals surface area contributed by atoms with Crippen molar-refractivity contribution < 1.29 is 9.59 Å². The van der Waals surface area contributed by atoms with Gasteiger partial charge in [0.25, 0.3) is 5.91 Å². The van der Waals surface area contributed by atoms with Gasteiger partial charge >= 0.3 is 6.03 Å². The third-order valence-corrected chi connectivity index (χ3v) is 3.78. The Kier molecular flexibility index (Phi) is 8.20. The Balaban J connectivity index is 2.50. The van der Waals surface area contributed by atoms with Gasteiger partial charge in [0, 0.05) is 5.69 Å². The highest BCUT2D eigenvalue weighted by atomic mass is 32.2. The van der Waals surface area contributed by atoms with Crippen molar-refractivity contribution in [1.29, 1.82) is 0 Å². The summed E-state index contributed by atoms with van der Waals surface area (Å²) in [5.74, 6) is 0.302. The summed E-state index contributed by atoms with van der Waals surface area (Å²) < 4.78 is 0. The molecule has 1 aromatic rings. The molecule has 9 heteroatoms. The number of primary amides is 1. The molecule has 6 N–H and O–H groups in total. The van der Waals surface area contributed by atoms with Crippen LogP contribution in [0.3, 0.4) is 0 Å². The number of nitrogens with two attached hydrogens (primary N) is 1. The average molecular weight is 355 g/mol. The van der Waals surface area contributed by atoms with Gasteiger partial charge in [0.15, 0.2) is 5.11 Å². The zero-order chi connectivity index (χ0) is 17.2. The molecule has 0 bridgehead atoms. The lowest BCUT2D eigenvalue weighted by molar-refractivity contribution is -0.123. The molecule has 3 amide bonds. The molecule has 0 aliphatic rings. The van der Waals surface area contributed by atoms with Crippen LogP contribution in [-0.2, 0) is 4.79 Å². The molecule has 126 valence electrons. The Hall–Kier alpha value is -2.00. The van der Waals surface area contributed by atoms with Gasteiger partial charge in [-0.05, 0) is 49.2 Å². The van der Waals surface area contributed by atoms with Crippen LogP contribution >= 0.6 is 24.0 Å². The van der Waals surface area contributed by atoms with Gasteiger partial charge in [-0.15, -0.1) is 0 Å². The number of hydrazine groups is 1. The fraction of sp³-hybridized carbons (Fsp3) is 0.357. The zero-order valence-corrected chi connectivity index (χ0v) is 14.6. The Morgan fingerprint density at radius 1 is 1.30 bits per heavy atom. The standard InChI is InChI=1S/C14H21N5O2S2/c1-9-5-3-4-6-10(9)17-14(22)19-18-12(20)11(7-8-23-2)16-13(15)21/h3-6,11H,7-8H2,1-2H3,(H,18,20)(H3,15,16,21)(H2,17,19,22)/t11-/m1/s1. The number of hydrogen-bond donors (Lipinski definition) is 5. The Morgan fingerprint density at radius 3 is 2.61 bits per heavy atom. The second kappa shape index (κ2) is 9.90. The zero-order valence-electron chi connectivity index (χ0n) is 13.0. The first-order chi connectivity index (χ1) is 10.9. The van der Waals surface area contributed by atoms with E-state index in [1.54, 1.807) is 11.8 Å². The van der Waals surface area contributed by atoms with Crippen LogP contribution in [-0.4, -0.2) is 35.1 Å². The predicted molar refractivity (Wildman–Crippen MR) is 98.2 cm³/mol. The molecule has 0 saturated carbocycles. The van der Waals surface area contributed by atoms with Crippen molar-refractivity contribution in [2.75, 3.05) is 17.3 Å². The Bertz CT molecular complexity index is 568. The molecule has 0 aliphatic carbocycles. The number of thiocarbonyl (C=S) groups is 1. The quantitative estimate of drug-likeness (QED) is 0.386. The van der Waals surface area contributed by atoms with E-state index in [9.17, 15) is 9.59 Å². The molecule has 0 radical (unpaired) electrons. The molecule has 23 heavy (non-hydrogen) atoms. The number of para-hydroxylation sites is 1. The molecule has 0 aromatic heterocycles. The summed E-state index contributed by atoms with van der Waals surface area (Å²) in [4.78, 5) is 23.0. The number of benzene rings is 1. The first-order valence-corrected chi connectivity index (χ1v) is 8.71. The van der Waals surface area contributed by atoms with Gasteiger partial charge in [0.1, 0.15) is 6.04 Å². The SMILES string of the molecule is CSCC[C@@H](NC(N)=O)C(=O)NNC(=S)Nc1ccccc1C. The van der Waals surface area contributed by atoms with Gasteiger partial charge in [-0.1, -0.05) is 18.2 Å². The highest BCUT2D eigenvalue weighted by Gasteiger charge is 2.19. The number of aryl methyl sites for hydroxylation is 1. The van der Waals surface area contributed by atoms with Gasteiger partial charge in [-0.2, -0.15) is 11.8 Å². The number of thioether (sulfide) groups is 1. The van der Waals surface area contributed by atoms with Crippen LogP contribution in [0.1, 0.15) is 12.0 Å². The fourth-order valence-corrected chi connectivity index (χ4v) is 2.38. The molecule has 0 fully saturated rings. The maximum Gasteiger partial charge on any atom is 0.312 e. The van der Waals surface area contributed by atoms with Crippen LogP contribution in [0.5, 0.6) is 0 Å². The van der Waals surface area contributed by atoms with Crippen molar-refractivity contribution in [2.45, 2.75) is 19.4 Å². The summed E-state index contributed by atoms with van der Waals surface area (Å²) in [5.41, 5.74) is 12.0. The lowest BCUT2D eigenvalue weighted by atomic mass is 10.2. The van der Waals surface area contributed by atoms with E-state index >= 15 is 0 Å². The molecular formula is C14H21N5O2S2. The highest BCUT2D eigenvalue weighted by molar-refractivity contribution is 7.98. The first kappa shape index (κ1) is 19.0. The molecule has 0 spiro atoms. The molecular weight excluding hydrogens is 334 g/mol. The van der Waals surface area contributed by atoms with E-state index in [0.29, 0.717) is 12.2 Å². The Labute approximate surface area is 145 Å². The minimum absolute atomic E-state index is 0.246. The number of carbonyl (C=O) groups excluding carboxylic acids is 2. The molecule has 0 saturated heterocycles. The fourth-order valence-electron chi connectivity index (χ4n) is 1.75. The third-order valence-electron chi connectivity index (χ3n) is 2.94. The number of rotatable bonds is 6. The lowest BCUT2D eigenvalue weighted by Gasteiger charge is -2.18. The molecule has 0 unspecified atom stereocenters. The molecule has 7 nitrogen and oxygen atoms in total. The number of nitrogens with one attached hydrogen (secondary N) is 4. The second-order valence-corrected chi connectivity index (χ2v) is 6.12. The van der Waals surface area contributed by atoms with E-state index in [0.717, 1.165) is 11.3 Å².